The van der Waals surface area contributed by atoms with E-state index in [4.69, 9.17) is 5.73 Å². The fourth-order valence-electron chi connectivity index (χ4n) is 2.40. The van der Waals surface area contributed by atoms with Gasteiger partial charge in [0.05, 0.1) is 5.52 Å². The summed E-state index contributed by atoms with van der Waals surface area (Å²) in [5.74, 6) is 1.13. The van der Waals surface area contributed by atoms with Crippen LogP contribution in [0.25, 0.3) is 10.9 Å². The van der Waals surface area contributed by atoms with E-state index in [0.29, 0.717) is 16.7 Å². The van der Waals surface area contributed by atoms with Gasteiger partial charge in [-0.05, 0) is 31.5 Å². The van der Waals surface area contributed by atoms with Gasteiger partial charge >= 0.3 is 0 Å². The van der Waals surface area contributed by atoms with Crippen LogP contribution in [0.15, 0.2) is 18.2 Å². The lowest BCUT2D eigenvalue weighted by Crippen LogP contribution is -2.29. The maximum absolute atomic E-state index is 13.2. The highest BCUT2D eigenvalue weighted by Gasteiger charge is 2.19. The van der Waals surface area contributed by atoms with E-state index in [1.807, 2.05) is 0 Å². The first kappa shape index (κ1) is 11.3. The van der Waals surface area contributed by atoms with Crippen LogP contribution in [0.2, 0.25) is 0 Å². The Balaban J connectivity index is 2.07. The third-order valence-corrected chi connectivity index (χ3v) is 3.37. The summed E-state index contributed by atoms with van der Waals surface area (Å²) < 4.78 is 13.2. The highest BCUT2D eigenvalue weighted by Crippen LogP contribution is 2.25. The van der Waals surface area contributed by atoms with E-state index < -0.39 is 0 Å². The molecule has 0 aliphatic carbocycles. The molecule has 1 atom stereocenters. The average Bonchev–Trinajstić information content (AvgIpc) is 2.39. The SMILES string of the molecule is Nc1nc(C2CCCNC2)nc2cc(F)ccc12. The van der Waals surface area contributed by atoms with Crippen LogP contribution >= 0.6 is 0 Å². The first-order valence-electron chi connectivity index (χ1n) is 6.17. The minimum atomic E-state index is -0.298. The van der Waals surface area contributed by atoms with Crippen LogP contribution in [0.5, 0.6) is 0 Å². The maximum Gasteiger partial charge on any atom is 0.135 e. The fraction of sp³-hybridized carbons (Fsp3) is 0.385. The van der Waals surface area contributed by atoms with Gasteiger partial charge in [-0.1, -0.05) is 0 Å². The molecule has 0 radical (unpaired) electrons. The summed E-state index contributed by atoms with van der Waals surface area (Å²) in [5, 5.41) is 4.03. The molecule has 1 aromatic heterocycles. The number of rotatable bonds is 1. The van der Waals surface area contributed by atoms with E-state index >= 15 is 0 Å². The van der Waals surface area contributed by atoms with Crippen molar-refractivity contribution in [3.8, 4) is 0 Å². The number of nitrogens with two attached hydrogens (primary N) is 1. The molecule has 1 aliphatic heterocycles. The van der Waals surface area contributed by atoms with Crippen LogP contribution in [-0.4, -0.2) is 23.1 Å². The number of hydrogen-bond acceptors (Lipinski definition) is 4. The van der Waals surface area contributed by atoms with Gasteiger partial charge in [-0.2, -0.15) is 0 Å². The van der Waals surface area contributed by atoms with Crippen molar-refractivity contribution in [1.29, 1.82) is 0 Å². The lowest BCUT2D eigenvalue weighted by molar-refractivity contribution is 0.448. The normalized spacial score (nSPS) is 20.2. The van der Waals surface area contributed by atoms with Crippen LogP contribution in [-0.2, 0) is 0 Å². The molecule has 1 unspecified atom stereocenters. The molecule has 5 heteroatoms. The summed E-state index contributed by atoms with van der Waals surface area (Å²) in [7, 11) is 0. The molecule has 1 saturated heterocycles. The molecule has 1 aromatic carbocycles. The van der Waals surface area contributed by atoms with Crippen molar-refractivity contribution in [2.75, 3.05) is 18.8 Å². The first-order chi connectivity index (χ1) is 8.74. The zero-order chi connectivity index (χ0) is 12.5. The third-order valence-electron chi connectivity index (χ3n) is 3.37. The standard InChI is InChI=1S/C13H15FN4/c14-9-3-4-10-11(6-9)17-13(18-12(10)15)8-2-1-5-16-7-8/h3-4,6,8,16H,1-2,5,7H2,(H2,15,17,18). The van der Waals surface area contributed by atoms with E-state index in [1.165, 1.54) is 12.1 Å². The molecule has 3 rings (SSSR count). The van der Waals surface area contributed by atoms with Crippen molar-refractivity contribution in [1.82, 2.24) is 15.3 Å². The quantitative estimate of drug-likeness (QED) is 0.805. The molecule has 1 fully saturated rings. The minimum Gasteiger partial charge on any atom is -0.383 e. The summed E-state index contributed by atoms with van der Waals surface area (Å²) >= 11 is 0. The van der Waals surface area contributed by atoms with Crippen LogP contribution in [0.1, 0.15) is 24.6 Å². The Morgan fingerprint density at radius 3 is 3.00 bits per heavy atom. The predicted octanol–water partition coefficient (Wildman–Crippen LogP) is 1.82. The number of aromatic nitrogens is 2. The summed E-state index contributed by atoms with van der Waals surface area (Å²) in [6, 6.07) is 4.42. The van der Waals surface area contributed by atoms with Gasteiger partial charge in [0.15, 0.2) is 0 Å². The minimum absolute atomic E-state index is 0.272. The fourth-order valence-corrected chi connectivity index (χ4v) is 2.40. The Hall–Kier alpha value is -1.75. The Morgan fingerprint density at radius 2 is 2.22 bits per heavy atom. The number of nitrogen functional groups attached to an aromatic ring is 1. The smallest absolute Gasteiger partial charge is 0.135 e. The second-order valence-corrected chi connectivity index (χ2v) is 4.67. The first-order valence-corrected chi connectivity index (χ1v) is 6.17. The Labute approximate surface area is 104 Å². The van der Waals surface area contributed by atoms with Gasteiger partial charge in [0.2, 0.25) is 0 Å². The number of nitrogens with zero attached hydrogens (tertiary/aromatic N) is 2. The second-order valence-electron chi connectivity index (χ2n) is 4.67. The lowest BCUT2D eigenvalue weighted by atomic mass is 9.98. The van der Waals surface area contributed by atoms with E-state index in [2.05, 4.69) is 15.3 Å². The number of halogens is 1. The number of benzene rings is 1. The summed E-state index contributed by atoms with van der Waals surface area (Å²) in [6.07, 6.45) is 2.16. The van der Waals surface area contributed by atoms with Crippen LogP contribution in [0, 0.1) is 5.82 Å². The zero-order valence-electron chi connectivity index (χ0n) is 9.99. The Bertz CT molecular complexity index is 578. The number of hydrogen-bond donors (Lipinski definition) is 2. The summed E-state index contributed by atoms with van der Waals surface area (Å²) in [5.41, 5.74) is 6.51. The van der Waals surface area contributed by atoms with Gasteiger partial charge in [0, 0.05) is 23.9 Å². The molecular formula is C13H15FN4. The van der Waals surface area contributed by atoms with Crippen LogP contribution < -0.4 is 11.1 Å². The summed E-state index contributed by atoms with van der Waals surface area (Å²) in [6.45, 7) is 1.90. The predicted molar refractivity (Wildman–Crippen MR) is 68.8 cm³/mol. The van der Waals surface area contributed by atoms with Crippen molar-refractivity contribution in [2.24, 2.45) is 0 Å². The number of anilines is 1. The lowest BCUT2D eigenvalue weighted by Gasteiger charge is -2.21. The van der Waals surface area contributed by atoms with Gasteiger partial charge in [-0.15, -0.1) is 0 Å². The Kier molecular flexibility index (Phi) is 2.83. The molecule has 2 aromatic rings. The molecule has 94 valence electrons. The highest BCUT2D eigenvalue weighted by atomic mass is 19.1. The van der Waals surface area contributed by atoms with Gasteiger partial charge < -0.3 is 11.1 Å². The number of nitrogens with one attached hydrogen (secondary N) is 1. The number of piperidine rings is 1. The molecule has 1 aliphatic rings. The van der Waals surface area contributed by atoms with Crippen molar-refractivity contribution >= 4 is 16.7 Å². The van der Waals surface area contributed by atoms with Gasteiger partial charge in [-0.25, -0.2) is 14.4 Å². The van der Waals surface area contributed by atoms with Crippen molar-refractivity contribution in [2.45, 2.75) is 18.8 Å². The molecule has 0 amide bonds. The van der Waals surface area contributed by atoms with E-state index in [1.54, 1.807) is 6.07 Å². The van der Waals surface area contributed by atoms with E-state index in [9.17, 15) is 4.39 Å². The topological polar surface area (TPSA) is 63.8 Å². The van der Waals surface area contributed by atoms with E-state index in [0.717, 1.165) is 31.8 Å². The van der Waals surface area contributed by atoms with Crippen LogP contribution in [0.3, 0.4) is 0 Å². The van der Waals surface area contributed by atoms with Crippen molar-refractivity contribution in [3.63, 3.8) is 0 Å². The van der Waals surface area contributed by atoms with Crippen LogP contribution in [0.4, 0.5) is 10.2 Å². The monoisotopic (exact) mass is 246 g/mol. The zero-order valence-corrected chi connectivity index (χ0v) is 9.99. The summed E-state index contributed by atoms with van der Waals surface area (Å²) in [4.78, 5) is 8.81. The van der Waals surface area contributed by atoms with E-state index in [-0.39, 0.29) is 11.7 Å². The highest BCUT2D eigenvalue weighted by molar-refractivity contribution is 5.87. The van der Waals surface area contributed by atoms with Gasteiger partial charge in [-0.3, -0.25) is 0 Å². The third kappa shape index (κ3) is 2.01. The number of fused-ring (bicyclic) bond motifs is 1. The molecule has 0 spiro atoms. The van der Waals surface area contributed by atoms with Gasteiger partial charge in [0.1, 0.15) is 17.5 Å². The molecule has 2 heterocycles. The molecule has 0 saturated carbocycles. The second kappa shape index (κ2) is 4.49. The molecule has 4 nitrogen and oxygen atoms in total. The molecule has 0 bridgehead atoms. The largest absolute Gasteiger partial charge is 0.383 e. The van der Waals surface area contributed by atoms with Crippen molar-refractivity contribution in [3.05, 3.63) is 29.8 Å². The molecule has 3 N–H and O–H groups in total. The average molecular weight is 246 g/mol. The van der Waals surface area contributed by atoms with Gasteiger partial charge in [0.25, 0.3) is 0 Å². The maximum atomic E-state index is 13.2. The molecule has 18 heavy (non-hydrogen) atoms. The molecular weight excluding hydrogens is 231 g/mol. The Morgan fingerprint density at radius 1 is 1.33 bits per heavy atom. The van der Waals surface area contributed by atoms with Crippen molar-refractivity contribution < 1.29 is 4.39 Å².